The van der Waals surface area contributed by atoms with Crippen molar-refractivity contribution in [3.63, 3.8) is 0 Å². The summed E-state index contributed by atoms with van der Waals surface area (Å²) in [6.07, 6.45) is 0. The van der Waals surface area contributed by atoms with Crippen LogP contribution in [0, 0.1) is 0 Å². The molecule has 0 spiro atoms. The number of carbonyl (C=O) groups excluding carboxylic acids is 1. The van der Waals surface area contributed by atoms with Gasteiger partial charge in [0.2, 0.25) is 0 Å². The number of anilines is 1. The number of nitrogens with one attached hydrogen (secondary N) is 1. The first-order chi connectivity index (χ1) is 9.22. The molecule has 0 fully saturated rings. The van der Waals surface area contributed by atoms with E-state index in [9.17, 15) is 4.79 Å². The highest BCUT2D eigenvalue weighted by Gasteiger charge is 2.10. The van der Waals surface area contributed by atoms with Crippen LogP contribution in [0.25, 0.3) is 10.1 Å². The van der Waals surface area contributed by atoms with Crippen LogP contribution >= 0.6 is 22.7 Å². The van der Waals surface area contributed by atoms with Crippen LogP contribution in [-0.4, -0.2) is 5.91 Å². The zero-order valence-corrected chi connectivity index (χ0v) is 11.7. The number of benzene rings is 1. The van der Waals surface area contributed by atoms with Crippen molar-refractivity contribution in [3.8, 4) is 0 Å². The van der Waals surface area contributed by atoms with Gasteiger partial charge in [0.15, 0.2) is 0 Å². The second-order valence-corrected chi connectivity index (χ2v) is 6.09. The lowest BCUT2D eigenvalue weighted by atomic mass is 10.2. The molecule has 3 nitrogen and oxygen atoms in total. The normalized spacial score (nSPS) is 10.7. The lowest BCUT2D eigenvalue weighted by Gasteiger charge is -2.00. The van der Waals surface area contributed by atoms with E-state index in [2.05, 4.69) is 5.32 Å². The number of hydrogen-bond donors (Lipinski definition) is 2. The molecule has 3 N–H and O–H groups in total. The van der Waals surface area contributed by atoms with Gasteiger partial charge in [0, 0.05) is 16.9 Å². The lowest BCUT2D eigenvalue weighted by Crippen LogP contribution is -2.21. The summed E-state index contributed by atoms with van der Waals surface area (Å²) in [5.41, 5.74) is 7.58. The molecule has 0 saturated heterocycles. The van der Waals surface area contributed by atoms with Crippen LogP contribution in [0.15, 0.2) is 41.1 Å². The van der Waals surface area contributed by atoms with E-state index in [1.165, 1.54) is 11.3 Å². The molecule has 0 saturated carbocycles. The Morgan fingerprint density at radius 3 is 2.95 bits per heavy atom. The quantitative estimate of drug-likeness (QED) is 0.725. The van der Waals surface area contributed by atoms with Gasteiger partial charge in [0.25, 0.3) is 5.91 Å². The molecule has 1 amide bonds. The van der Waals surface area contributed by atoms with E-state index < -0.39 is 0 Å². The summed E-state index contributed by atoms with van der Waals surface area (Å²) >= 11 is 3.12. The average Bonchev–Trinajstić information content (AvgIpc) is 3.04. The van der Waals surface area contributed by atoms with Crippen LogP contribution in [0.5, 0.6) is 0 Å². The van der Waals surface area contributed by atoms with Crippen LogP contribution in [0.2, 0.25) is 0 Å². The second-order valence-electron chi connectivity index (χ2n) is 4.22. The highest BCUT2D eigenvalue weighted by molar-refractivity contribution is 7.20. The van der Waals surface area contributed by atoms with Gasteiger partial charge < -0.3 is 11.1 Å². The minimum Gasteiger partial charge on any atom is -0.399 e. The van der Waals surface area contributed by atoms with E-state index in [-0.39, 0.29) is 5.91 Å². The lowest BCUT2D eigenvalue weighted by molar-refractivity contribution is 0.0955. The van der Waals surface area contributed by atoms with E-state index in [4.69, 9.17) is 5.73 Å². The van der Waals surface area contributed by atoms with Gasteiger partial charge in [-0.25, -0.2) is 0 Å². The molecule has 0 radical (unpaired) electrons. The Hall–Kier alpha value is -1.85. The largest absolute Gasteiger partial charge is 0.399 e. The van der Waals surface area contributed by atoms with Crippen molar-refractivity contribution in [3.05, 3.63) is 51.5 Å². The number of carbonyl (C=O) groups is 1. The van der Waals surface area contributed by atoms with Gasteiger partial charge >= 0.3 is 0 Å². The molecule has 0 aliphatic heterocycles. The molecule has 2 heterocycles. The molecular weight excluding hydrogens is 276 g/mol. The van der Waals surface area contributed by atoms with Crippen LogP contribution in [0.1, 0.15) is 15.2 Å². The zero-order valence-electron chi connectivity index (χ0n) is 10.1. The van der Waals surface area contributed by atoms with Crippen molar-refractivity contribution in [2.24, 2.45) is 0 Å². The average molecular weight is 288 g/mol. The summed E-state index contributed by atoms with van der Waals surface area (Å²) in [7, 11) is 0. The highest BCUT2D eigenvalue weighted by Crippen LogP contribution is 2.27. The van der Waals surface area contributed by atoms with Gasteiger partial charge in [-0.05, 0) is 52.0 Å². The van der Waals surface area contributed by atoms with Crippen LogP contribution in [0.3, 0.4) is 0 Å². The number of amides is 1. The summed E-state index contributed by atoms with van der Waals surface area (Å²) in [6, 6.07) is 9.59. The van der Waals surface area contributed by atoms with Crippen LogP contribution in [0.4, 0.5) is 5.69 Å². The smallest absolute Gasteiger partial charge is 0.261 e. The second kappa shape index (κ2) is 5.03. The monoisotopic (exact) mass is 288 g/mol. The molecule has 0 atom stereocenters. The number of thiophene rings is 2. The number of nitrogen functional groups attached to an aromatic ring is 1. The maximum absolute atomic E-state index is 12.1. The highest BCUT2D eigenvalue weighted by atomic mass is 32.1. The third-order valence-electron chi connectivity index (χ3n) is 2.80. The molecule has 3 rings (SSSR count). The number of hydrogen-bond acceptors (Lipinski definition) is 4. The van der Waals surface area contributed by atoms with Crippen molar-refractivity contribution in [1.82, 2.24) is 5.32 Å². The van der Waals surface area contributed by atoms with Gasteiger partial charge in [-0.2, -0.15) is 11.3 Å². The Balaban J connectivity index is 1.77. The number of fused-ring (bicyclic) bond motifs is 1. The zero-order chi connectivity index (χ0) is 13.2. The van der Waals surface area contributed by atoms with Gasteiger partial charge in [-0.3, -0.25) is 4.79 Å². The predicted molar refractivity (Wildman–Crippen MR) is 81.7 cm³/mol. The Morgan fingerprint density at radius 1 is 1.26 bits per heavy atom. The van der Waals surface area contributed by atoms with E-state index in [0.717, 1.165) is 26.2 Å². The van der Waals surface area contributed by atoms with Crippen LogP contribution < -0.4 is 11.1 Å². The third kappa shape index (κ3) is 2.62. The minimum atomic E-state index is -0.0361. The Bertz CT molecular complexity index is 716. The predicted octanol–water partition coefficient (Wildman–Crippen LogP) is 3.48. The van der Waals surface area contributed by atoms with Crippen molar-refractivity contribution < 1.29 is 4.79 Å². The minimum absolute atomic E-state index is 0.0361. The summed E-state index contributed by atoms with van der Waals surface area (Å²) < 4.78 is 1.08. The molecule has 0 bridgehead atoms. The molecule has 19 heavy (non-hydrogen) atoms. The van der Waals surface area contributed by atoms with Crippen molar-refractivity contribution in [2.75, 3.05) is 5.73 Å². The fourth-order valence-corrected chi connectivity index (χ4v) is 3.46. The maximum atomic E-state index is 12.1. The molecule has 0 aliphatic carbocycles. The van der Waals surface area contributed by atoms with Gasteiger partial charge in [-0.15, -0.1) is 11.3 Å². The molecule has 1 aromatic carbocycles. The molecule has 5 heteroatoms. The fourth-order valence-electron chi connectivity index (χ4n) is 1.84. The third-order valence-corrected chi connectivity index (χ3v) is 4.64. The molecule has 3 aromatic rings. The first kappa shape index (κ1) is 12.2. The summed E-state index contributed by atoms with van der Waals surface area (Å²) in [6.45, 7) is 0.568. The standard InChI is InChI=1S/C14H12N2OS2/c15-11-1-2-12-10(5-11)6-13(19-12)14(17)16-7-9-3-4-18-8-9/h1-6,8H,7,15H2,(H,16,17). The van der Waals surface area contributed by atoms with Gasteiger partial charge in [0.05, 0.1) is 4.88 Å². The molecular formula is C14H12N2OS2. The van der Waals surface area contributed by atoms with Gasteiger partial charge in [-0.1, -0.05) is 0 Å². The summed E-state index contributed by atoms with van der Waals surface area (Å²) in [5.74, 6) is -0.0361. The Labute approximate surface area is 118 Å². The Morgan fingerprint density at radius 2 is 2.16 bits per heavy atom. The topological polar surface area (TPSA) is 55.1 Å². The first-order valence-corrected chi connectivity index (χ1v) is 7.56. The van der Waals surface area contributed by atoms with Gasteiger partial charge in [0.1, 0.15) is 0 Å². The molecule has 0 aliphatic rings. The molecule has 96 valence electrons. The molecule has 0 unspecified atom stereocenters. The Kier molecular flexibility index (Phi) is 3.23. The number of rotatable bonds is 3. The van der Waals surface area contributed by atoms with E-state index in [1.807, 2.05) is 41.1 Å². The van der Waals surface area contributed by atoms with E-state index in [1.54, 1.807) is 11.3 Å². The maximum Gasteiger partial charge on any atom is 0.261 e. The SMILES string of the molecule is Nc1ccc2sc(C(=O)NCc3ccsc3)cc2c1. The van der Waals surface area contributed by atoms with Crippen molar-refractivity contribution in [1.29, 1.82) is 0 Å². The van der Waals surface area contributed by atoms with E-state index in [0.29, 0.717) is 6.54 Å². The number of nitrogens with two attached hydrogens (primary N) is 1. The van der Waals surface area contributed by atoms with E-state index >= 15 is 0 Å². The summed E-state index contributed by atoms with van der Waals surface area (Å²) in [4.78, 5) is 12.8. The van der Waals surface area contributed by atoms with Crippen molar-refractivity contribution in [2.45, 2.75) is 6.54 Å². The summed E-state index contributed by atoms with van der Waals surface area (Å²) in [5, 5.41) is 7.98. The molecule has 2 aromatic heterocycles. The van der Waals surface area contributed by atoms with Crippen molar-refractivity contribution >= 4 is 44.4 Å². The van der Waals surface area contributed by atoms with Crippen LogP contribution in [-0.2, 0) is 6.54 Å². The fraction of sp³-hybridized carbons (Fsp3) is 0.0714. The first-order valence-electron chi connectivity index (χ1n) is 5.81.